The Morgan fingerprint density at radius 1 is 1.00 bits per heavy atom. The summed E-state index contributed by atoms with van der Waals surface area (Å²) in [6.45, 7) is 1.85. The summed E-state index contributed by atoms with van der Waals surface area (Å²) < 4.78 is -1.70. The number of carbonyl (C=O) groups is 1. The minimum Gasteiger partial charge on any atom is -0.362 e. The molecule has 0 aromatic heterocycles. The first-order chi connectivity index (χ1) is 10.4. The summed E-state index contributed by atoms with van der Waals surface area (Å²) in [5.74, 6) is -0.308. The summed E-state index contributed by atoms with van der Waals surface area (Å²) in [5, 5.41) is 5.73. The van der Waals surface area contributed by atoms with Crippen LogP contribution >= 0.6 is 34.8 Å². The predicted octanol–water partition coefficient (Wildman–Crippen LogP) is 4.53. The number of alkyl halides is 3. The number of anilines is 1. The highest BCUT2D eigenvalue weighted by molar-refractivity contribution is 6.68. The molecule has 0 saturated heterocycles. The van der Waals surface area contributed by atoms with Crippen LogP contribution in [0.1, 0.15) is 15.9 Å². The molecule has 0 saturated carbocycles. The Labute approximate surface area is 144 Å². The van der Waals surface area contributed by atoms with E-state index in [4.69, 9.17) is 34.8 Å². The van der Waals surface area contributed by atoms with Crippen molar-refractivity contribution in [2.24, 2.45) is 0 Å². The first kappa shape index (κ1) is 16.9. The molecule has 2 aromatic rings. The van der Waals surface area contributed by atoms with Crippen molar-refractivity contribution in [3.63, 3.8) is 0 Å². The summed E-state index contributed by atoms with van der Waals surface area (Å²) in [4.78, 5) is 12.4. The molecule has 116 valence electrons. The van der Waals surface area contributed by atoms with E-state index in [9.17, 15) is 4.79 Å². The third-order valence-corrected chi connectivity index (χ3v) is 3.73. The van der Waals surface area contributed by atoms with Gasteiger partial charge in [-0.15, -0.1) is 0 Å². The Bertz CT molecular complexity index is 641. The van der Waals surface area contributed by atoms with E-state index in [2.05, 4.69) is 10.6 Å². The van der Waals surface area contributed by atoms with Gasteiger partial charge in [0, 0.05) is 11.3 Å². The minimum absolute atomic E-state index is 0.308. The summed E-state index contributed by atoms with van der Waals surface area (Å²) >= 11 is 17.9. The van der Waals surface area contributed by atoms with Crippen LogP contribution in [0.4, 0.5) is 5.69 Å². The average Bonchev–Trinajstić information content (AvgIpc) is 2.47. The van der Waals surface area contributed by atoms with Crippen LogP contribution in [0.2, 0.25) is 0 Å². The maximum absolute atomic E-state index is 12.4. The Morgan fingerprint density at radius 3 is 2.18 bits per heavy atom. The van der Waals surface area contributed by atoms with Crippen molar-refractivity contribution in [2.75, 3.05) is 5.32 Å². The molecule has 0 heterocycles. The zero-order valence-electron chi connectivity index (χ0n) is 11.8. The van der Waals surface area contributed by atoms with Crippen molar-refractivity contribution in [1.29, 1.82) is 0 Å². The van der Waals surface area contributed by atoms with Crippen LogP contribution in [0.3, 0.4) is 0 Å². The van der Waals surface area contributed by atoms with E-state index >= 15 is 0 Å². The van der Waals surface area contributed by atoms with E-state index in [0.29, 0.717) is 5.56 Å². The molecule has 3 nitrogen and oxygen atoms in total. The fraction of sp³-hybridized carbons (Fsp3) is 0.188. The topological polar surface area (TPSA) is 41.1 Å². The lowest BCUT2D eigenvalue weighted by atomic mass is 10.1. The van der Waals surface area contributed by atoms with Gasteiger partial charge in [-0.05, 0) is 30.7 Å². The Kier molecular flexibility index (Phi) is 5.57. The monoisotopic (exact) mass is 356 g/mol. The summed E-state index contributed by atoms with van der Waals surface area (Å²) in [5.41, 5.74) is 2.13. The maximum Gasteiger partial charge on any atom is 0.253 e. The number of amides is 1. The first-order valence-electron chi connectivity index (χ1n) is 6.63. The van der Waals surface area contributed by atoms with Gasteiger partial charge >= 0.3 is 0 Å². The molecule has 1 amide bonds. The van der Waals surface area contributed by atoms with E-state index in [1.165, 1.54) is 0 Å². The third-order valence-electron chi connectivity index (χ3n) is 3.08. The predicted molar refractivity (Wildman–Crippen MR) is 92.8 cm³/mol. The number of hydrogen-bond acceptors (Lipinski definition) is 2. The molecule has 0 radical (unpaired) electrons. The smallest absolute Gasteiger partial charge is 0.253 e. The van der Waals surface area contributed by atoms with Gasteiger partial charge in [-0.25, -0.2) is 0 Å². The van der Waals surface area contributed by atoms with Gasteiger partial charge in [-0.1, -0.05) is 71.2 Å². The SMILES string of the molecule is Cc1ccccc1C(=O)N[C@@H](Nc1ccccc1)C(Cl)(Cl)Cl. The van der Waals surface area contributed by atoms with Crippen LogP contribution < -0.4 is 10.6 Å². The number of halogens is 3. The number of carbonyl (C=O) groups excluding carboxylic acids is 1. The standard InChI is InChI=1S/C16H15Cl3N2O/c1-11-7-5-6-10-13(11)14(22)21-15(16(17,18)19)20-12-8-3-2-4-9-12/h2-10,15,20H,1H3,(H,21,22)/t15-/m1/s1. The highest BCUT2D eigenvalue weighted by Crippen LogP contribution is 2.31. The fourth-order valence-corrected chi connectivity index (χ4v) is 2.26. The second kappa shape index (κ2) is 7.23. The van der Waals surface area contributed by atoms with Crippen molar-refractivity contribution in [1.82, 2.24) is 5.32 Å². The van der Waals surface area contributed by atoms with Gasteiger partial charge in [0.1, 0.15) is 6.17 Å². The Balaban J connectivity index is 2.17. The van der Waals surface area contributed by atoms with Crippen molar-refractivity contribution in [2.45, 2.75) is 16.9 Å². The van der Waals surface area contributed by atoms with E-state index in [1.807, 2.05) is 49.4 Å². The molecular formula is C16H15Cl3N2O. The van der Waals surface area contributed by atoms with Gasteiger partial charge in [0.25, 0.3) is 5.91 Å². The zero-order chi connectivity index (χ0) is 16.2. The van der Waals surface area contributed by atoms with E-state index < -0.39 is 9.96 Å². The number of para-hydroxylation sites is 1. The molecule has 1 atom stereocenters. The lowest BCUT2D eigenvalue weighted by molar-refractivity contribution is 0.0941. The lowest BCUT2D eigenvalue weighted by Gasteiger charge is -2.27. The Hall–Kier alpha value is -1.42. The molecule has 0 unspecified atom stereocenters. The highest BCUT2D eigenvalue weighted by Gasteiger charge is 2.34. The number of hydrogen-bond donors (Lipinski definition) is 2. The van der Waals surface area contributed by atoms with Gasteiger partial charge in [-0.2, -0.15) is 0 Å². The third kappa shape index (κ3) is 4.54. The summed E-state index contributed by atoms with van der Waals surface area (Å²) in [6, 6.07) is 16.4. The van der Waals surface area contributed by atoms with E-state index in [0.717, 1.165) is 11.3 Å². The van der Waals surface area contributed by atoms with Crippen LogP contribution in [-0.4, -0.2) is 15.9 Å². The number of rotatable bonds is 4. The molecule has 0 bridgehead atoms. The molecule has 2 rings (SSSR count). The second-order valence-electron chi connectivity index (χ2n) is 4.77. The molecule has 0 spiro atoms. The molecule has 6 heteroatoms. The quantitative estimate of drug-likeness (QED) is 0.623. The molecule has 0 aliphatic heterocycles. The minimum atomic E-state index is -1.70. The normalized spacial score (nSPS) is 12.5. The molecule has 0 aliphatic carbocycles. The van der Waals surface area contributed by atoms with Gasteiger partial charge in [0.15, 0.2) is 0 Å². The number of nitrogens with one attached hydrogen (secondary N) is 2. The summed E-state index contributed by atoms with van der Waals surface area (Å²) in [6.07, 6.45) is -0.869. The largest absolute Gasteiger partial charge is 0.362 e. The molecule has 0 fully saturated rings. The fourth-order valence-electron chi connectivity index (χ4n) is 1.94. The molecule has 0 aliphatic rings. The van der Waals surface area contributed by atoms with Gasteiger partial charge < -0.3 is 10.6 Å². The first-order valence-corrected chi connectivity index (χ1v) is 7.76. The van der Waals surface area contributed by atoms with Crippen molar-refractivity contribution < 1.29 is 4.79 Å². The van der Waals surface area contributed by atoms with Crippen LogP contribution in [0.5, 0.6) is 0 Å². The Morgan fingerprint density at radius 2 is 1.59 bits per heavy atom. The molecule has 2 N–H and O–H groups in total. The highest BCUT2D eigenvalue weighted by atomic mass is 35.6. The summed E-state index contributed by atoms with van der Waals surface area (Å²) in [7, 11) is 0. The zero-order valence-corrected chi connectivity index (χ0v) is 14.1. The molecule has 22 heavy (non-hydrogen) atoms. The number of aryl methyl sites for hydroxylation is 1. The van der Waals surface area contributed by atoms with Crippen LogP contribution in [0, 0.1) is 6.92 Å². The van der Waals surface area contributed by atoms with E-state index in [1.54, 1.807) is 12.1 Å². The lowest BCUT2D eigenvalue weighted by Crippen LogP contribution is -2.49. The molecule has 2 aromatic carbocycles. The van der Waals surface area contributed by atoms with Crippen molar-refractivity contribution in [3.05, 3.63) is 65.7 Å². The van der Waals surface area contributed by atoms with Crippen LogP contribution in [0.15, 0.2) is 54.6 Å². The van der Waals surface area contributed by atoms with E-state index in [-0.39, 0.29) is 5.91 Å². The van der Waals surface area contributed by atoms with Crippen molar-refractivity contribution in [3.8, 4) is 0 Å². The maximum atomic E-state index is 12.4. The van der Waals surface area contributed by atoms with Gasteiger partial charge in [-0.3, -0.25) is 4.79 Å². The van der Waals surface area contributed by atoms with Crippen LogP contribution in [-0.2, 0) is 0 Å². The van der Waals surface area contributed by atoms with Crippen molar-refractivity contribution >= 4 is 46.4 Å². The number of benzene rings is 2. The molecular weight excluding hydrogens is 343 g/mol. The van der Waals surface area contributed by atoms with Crippen LogP contribution in [0.25, 0.3) is 0 Å². The van der Waals surface area contributed by atoms with Gasteiger partial charge in [0.2, 0.25) is 3.79 Å². The second-order valence-corrected chi connectivity index (χ2v) is 7.14. The van der Waals surface area contributed by atoms with Gasteiger partial charge in [0.05, 0.1) is 0 Å². The average molecular weight is 358 g/mol.